The molecule has 4 rings (SSSR count). The smallest absolute Gasteiger partial charge is 0.299 e. The van der Waals surface area contributed by atoms with Gasteiger partial charge in [0.15, 0.2) is 0 Å². The summed E-state index contributed by atoms with van der Waals surface area (Å²) in [6, 6.07) is 11.9. The van der Waals surface area contributed by atoms with Gasteiger partial charge >= 0.3 is 0 Å². The van der Waals surface area contributed by atoms with E-state index in [2.05, 4.69) is 12.1 Å². The van der Waals surface area contributed by atoms with E-state index in [1.165, 1.54) is 17.7 Å². The molecule has 8 heteroatoms. The molecule has 1 fully saturated rings. The van der Waals surface area contributed by atoms with Crippen molar-refractivity contribution in [2.24, 2.45) is 0 Å². The summed E-state index contributed by atoms with van der Waals surface area (Å²) in [6.07, 6.45) is 1.73. The Balaban J connectivity index is 1.71. The molecule has 0 amide bonds. The van der Waals surface area contributed by atoms with Gasteiger partial charge in [0, 0.05) is 12.6 Å². The first-order chi connectivity index (χ1) is 12.5. The van der Waals surface area contributed by atoms with E-state index in [0.717, 1.165) is 24.5 Å². The molecule has 1 saturated heterocycles. The second kappa shape index (κ2) is 6.06. The Morgan fingerprint density at radius 3 is 2.65 bits per heavy atom. The predicted molar refractivity (Wildman–Crippen MR) is 94.4 cm³/mol. The molecule has 0 aromatic heterocycles. The first kappa shape index (κ1) is 16.5. The second-order valence-corrected chi connectivity index (χ2v) is 6.61. The van der Waals surface area contributed by atoms with Gasteiger partial charge in [0.25, 0.3) is 11.4 Å². The average molecular weight is 355 g/mol. The molecular weight excluding hydrogens is 338 g/mol. The topological polar surface area (TPSA) is 98.8 Å². The van der Waals surface area contributed by atoms with Crippen LogP contribution in [0.2, 0.25) is 0 Å². The van der Waals surface area contributed by atoms with Crippen molar-refractivity contribution >= 4 is 17.1 Å². The lowest BCUT2D eigenvalue weighted by Crippen LogP contribution is -2.49. The van der Waals surface area contributed by atoms with Crippen LogP contribution in [0.25, 0.3) is 0 Å². The first-order valence-corrected chi connectivity index (χ1v) is 8.40. The molecule has 1 aliphatic carbocycles. The van der Waals surface area contributed by atoms with Gasteiger partial charge in [-0.25, -0.2) is 0 Å². The van der Waals surface area contributed by atoms with E-state index in [0.29, 0.717) is 25.4 Å². The Morgan fingerprint density at radius 2 is 1.88 bits per heavy atom. The number of aryl methyl sites for hydroxylation is 1. The summed E-state index contributed by atoms with van der Waals surface area (Å²) in [5.74, 6) is 0. The van der Waals surface area contributed by atoms with E-state index in [1.807, 2.05) is 17.0 Å². The number of rotatable bonds is 3. The largest absolute Gasteiger partial charge is 0.367 e. The van der Waals surface area contributed by atoms with Crippen LogP contribution in [0.3, 0.4) is 0 Å². The third-order valence-electron chi connectivity index (χ3n) is 5.20. The summed E-state index contributed by atoms with van der Waals surface area (Å²) in [5.41, 5.74) is 1.76. The van der Waals surface area contributed by atoms with Crippen molar-refractivity contribution in [3.05, 3.63) is 73.8 Å². The monoisotopic (exact) mass is 355 g/mol. The molecule has 2 aliphatic rings. The molecule has 1 spiro atoms. The number of nitro benzene ring substituents is 2. The van der Waals surface area contributed by atoms with Crippen LogP contribution in [0.1, 0.15) is 17.5 Å². The zero-order chi connectivity index (χ0) is 18.3. The number of morpholine rings is 1. The number of nitro groups is 2. The van der Waals surface area contributed by atoms with Gasteiger partial charge < -0.3 is 9.64 Å². The molecule has 0 radical (unpaired) electrons. The fourth-order valence-corrected chi connectivity index (χ4v) is 4.00. The molecule has 1 heterocycles. The summed E-state index contributed by atoms with van der Waals surface area (Å²) in [7, 11) is 0. The highest BCUT2D eigenvalue weighted by Crippen LogP contribution is 2.44. The fraction of sp³-hybridized carbons (Fsp3) is 0.333. The van der Waals surface area contributed by atoms with Crippen LogP contribution >= 0.6 is 0 Å². The van der Waals surface area contributed by atoms with Crippen molar-refractivity contribution in [3.63, 3.8) is 0 Å². The maximum absolute atomic E-state index is 11.5. The van der Waals surface area contributed by atoms with Crippen LogP contribution in [0.15, 0.2) is 42.5 Å². The van der Waals surface area contributed by atoms with Crippen molar-refractivity contribution in [2.45, 2.75) is 18.4 Å². The number of non-ortho nitro benzene ring substituents is 1. The molecular formula is C18H17N3O5. The highest BCUT2D eigenvalue weighted by molar-refractivity contribution is 5.67. The van der Waals surface area contributed by atoms with Gasteiger partial charge in [-0.05, 0) is 30.0 Å². The average Bonchev–Trinajstić information content (AvgIpc) is 2.99. The minimum Gasteiger partial charge on any atom is -0.367 e. The van der Waals surface area contributed by atoms with Gasteiger partial charge in [0.05, 0.1) is 29.1 Å². The van der Waals surface area contributed by atoms with Gasteiger partial charge in [-0.15, -0.1) is 0 Å². The van der Waals surface area contributed by atoms with Crippen molar-refractivity contribution in [3.8, 4) is 0 Å². The Hall–Kier alpha value is -3.00. The molecule has 1 unspecified atom stereocenters. The molecule has 0 N–H and O–H groups in total. The first-order valence-electron chi connectivity index (χ1n) is 8.40. The van der Waals surface area contributed by atoms with E-state index in [1.54, 1.807) is 0 Å². The molecule has 134 valence electrons. The van der Waals surface area contributed by atoms with Crippen molar-refractivity contribution in [1.82, 2.24) is 0 Å². The lowest BCUT2D eigenvalue weighted by molar-refractivity contribution is -0.393. The van der Waals surface area contributed by atoms with E-state index in [9.17, 15) is 20.2 Å². The zero-order valence-corrected chi connectivity index (χ0v) is 14.0. The molecule has 8 nitrogen and oxygen atoms in total. The number of ether oxygens (including phenoxy) is 1. The van der Waals surface area contributed by atoms with Gasteiger partial charge in [0.1, 0.15) is 11.3 Å². The number of hydrogen-bond donors (Lipinski definition) is 0. The fourth-order valence-electron chi connectivity index (χ4n) is 4.00. The molecule has 0 bridgehead atoms. The van der Waals surface area contributed by atoms with Gasteiger partial charge in [-0.3, -0.25) is 20.2 Å². The normalized spacial score (nSPS) is 21.6. The number of benzene rings is 2. The molecule has 1 atom stereocenters. The maximum Gasteiger partial charge on any atom is 0.299 e. The van der Waals surface area contributed by atoms with Gasteiger partial charge in [-0.1, -0.05) is 24.3 Å². The van der Waals surface area contributed by atoms with Crippen LogP contribution in [0, 0.1) is 20.2 Å². The lowest BCUT2D eigenvalue weighted by Gasteiger charge is -2.42. The summed E-state index contributed by atoms with van der Waals surface area (Å²) in [4.78, 5) is 23.2. The minimum atomic E-state index is -0.620. The standard InChI is InChI=1S/C18H17N3O5/c22-20(23)14-5-6-16(17(11-14)21(24)25)19-9-10-26-18(12-19)8-7-13-3-1-2-4-15(13)18/h1-6,11H,7-10,12H2. The van der Waals surface area contributed by atoms with E-state index in [4.69, 9.17) is 4.74 Å². The van der Waals surface area contributed by atoms with Gasteiger partial charge in [0.2, 0.25) is 0 Å². The molecule has 0 saturated carbocycles. The number of anilines is 1. The van der Waals surface area contributed by atoms with Crippen molar-refractivity contribution in [1.29, 1.82) is 0 Å². The van der Waals surface area contributed by atoms with Crippen LogP contribution in [0.4, 0.5) is 17.1 Å². The summed E-state index contributed by atoms with van der Waals surface area (Å²) in [6.45, 7) is 1.44. The van der Waals surface area contributed by atoms with Crippen LogP contribution < -0.4 is 4.90 Å². The lowest BCUT2D eigenvalue weighted by atomic mass is 9.93. The van der Waals surface area contributed by atoms with Crippen molar-refractivity contribution < 1.29 is 14.6 Å². The van der Waals surface area contributed by atoms with Crippen molar-refractivity contribution in [2.75, 3.05) is 24.6 Å². The maximum atomic E-state index is 11.5. The van der Waals surface area contributed by atoms with Gasteiger partial charge in [-0.2, -0.15) is 0 Å². The summed E-state index contributed by atoms with van der Waals surface area (Å²) >= 11 is 0. The molecule has 2 aromatic carbocycles. The SMILES string of the molecule is O=[N+]([O-])c1ccc(N2CCOC3(CCc4ccccc43)C2)c([N+](=O)[O-])c1. The number of nitrogens with zero attached hydrogens (tertiary/aromatic N) is 3. The predicted octanol–water partition coefficient (Wildman–Crippen LogP) is 3.18. The third-order valence-corrected chi connectivity index (χ3v) is 5.20. The quantitative estimate of drug-likeness (QED) is 0.619. The highest BCUT2D eigenvalue weighted by Gasteiger charge is 2.44. The summed E-state index contributed by atoms with van der Waals surface area (Å²) in [5, 5.41) is 22.4. The molecule has 1 aliphatic heterocycles. The summed E-state index contributed by atoms with van der Waals surface area (Å²) < 4.78 is 6.15. The van der Waals surface area contributed by atoms with Crippen LogP contribution in [0.5, 0.6) is 0 Å². The Kier molecular flexibility index (Phi) is 3.84. The van der Waals surface area contributed by atoms with E-state index < -0.39 is 15.4 Å². The second-order valence-electron chi connectivity index (χ2n) is 6.61. The molecule has 2 aromatic rings. The van der Waals surface area contributed by atoms with Crippen LogP contribution in [-0.4, -0.2) is 29.5 Å². The molecule has 26 heavy (non-hydrogen) atoms. The van der Waals surface area contributed by atoms with E-state index >= 15 is 0 Å². The number of fused-ring (bicyclic) bond motifs is 2. The van der Waals surface area contributed by atoms with Crippen LogP contribution in [-0.2, 0) is 16.8 Å². The third kappa shape index (κ3) is 2.59. The highest BCUT2D eigenvalue weighted by atomic mass is 16.6. The Labute approximate surface area is 149 Å². The Morgan fingerprint density at radius 1 is 1.08 bits per heavy atom. The Bertz CT molecular complexity index is 896. The minimum absolute atomic E-state index is 0.248. The van der Waals surface area contributed by atoms with E-state index in [-0.39, 0.29) is 11.4 Å². The zero-order valence-electron chi connectivity index (χ0n) is 14.0. The number of hydrogen-bond acceptors (Lipinski definition) is 6.